The van der Waals surface area contributed by atoms with Gasteiger partial charge in [0.15, 0.2) is 0 Å². The van der Waals surface area contributed by atoms with E-state index in [1.807, 2.05) is 39.4 Å². The summed E-state index contributed by atoms with van der Waals surface area (Å²) in [7, 11) is 1.17. The van der Waals surface area contributed by atoms with Gasteiger partial charge in [-0.25, -0.2) is 0 Å². The van der Waals surface area contributed by atoms with Crippen LogP contribution < -0.4 is 10.2 Å². The van der Waals surface area contributed by atoms with Crippen molar-refractivity contribution in [3.8, 4) is 0 Å². The van der Waals surface area contributed by atoms with Crippen molar-refractivity contribution in [2.24, 2.45) is 0 Å². The number of likely N-dealkylation sites (N-methyl/N-ethyl adjacent to an activating group) is 1. The van der Waals surface area contributed by atoms with Crippen LogP contribution in [0.25, 0.3) is 0 Å². The molecule has 0 radical (unpaired) electrons. The molecule has 0 aromatic carbocycles. The summed E-state index contributed by atoms with van der Waals surface area (Å²) in [6.07, 6.45) is 68.2. The number of quaternary nitrogens is 1. The molecule has 75 heavy (non-hydrogen) atoms. The highest BCUT2D eigenvalue weighted by Crippen LogP contribution is 2.38. The van der Waals surface area contributed by atoms with Crippen molar-refractivity contribution >= 4 is 19.7 Å². The molecular formula is C65H123N2O7P. The number of phosphoric ester groups is 1. The van der Waals surface area contributed by atoms with Crippen molar-refractivity contribution in [1.82, 2.24) is 5.32 Å². The van der Waals surface area contributed by atoms with Crippen molar-refractivity contribution in [3.63, 3.8) is 0 Å². The number of hydrogen-bond acceptors (Lipinski definition) is 7. The van der Waals surface area contributed by atoms with Crippen LogP contribution >= 0.6 is 7.82 Å². The van der Waals surface area contributed by atoms with E-state index in [2.05, 4.69) is 56.5 Å². The fraction of sp³-hybridized carbons (Fsp3) is 0.846. The van der Waals surface area contributed by atoms with Gasteiger partial charge in [-0.15, -0.1) is 0 Å². The van der Waals surface area contributed by atoms with E-state index in [1.54, 1.807) is 0 Å². The monoisotopic (exact) mass is 1070 g/mol. The zero-order valence-corrected chi connectivity index (χ0v) is 51.2. The fourth-order valence-corrected chi connectivity index (χ4v) is 10.00. The first kappa shape index (κ1) is 73.0. The second-order valence-corrected chi connectivity index (χ2v) is 24.3. The Balaban J connectivity index is 5.07. The van der Waals surface area contributed by atoms with Crippen LogP contribution in [0.4, 0.5) is 0 Å². The highest BCUT2D eigenvalue weighted by molar-refractivity contribution is 7.45. The van der Waals surface area contributed by atoms with Gasteiger partial charge in [-0.2, -0.15) is 0 Å². The van der Waals surface area contributed by atoms with Crippen LogP contribution in [0.5, 0.6) is 0 Å². The third kappa shape index (κ3) is 56.5. The third-order valence-electron chi connectivity index (χ3n) is 14.2. The summed E-state index contributed by atoms with van der Waals surface area (Å²) in [6, 6.07) is -0.908. The number of phosphoric acid groups is 1. The van der Waals surface area contributed by atoms with Gasteiger partial charge in [0.25, 0.3) is 7.82 Å². The molecule has 0 spiro atoms. The van der Waals surface area contributed by atoms with Crippen molar-refractivity contribution in [2.75, 3.05) is 40.9 Å². The minimum absolute atomic E-state index is 0.0288. The molecule has 0 aromatic rings. The average molecular weight is 1080 g/mol. The molecular weight excluding hydrogens is 952 g/mol. The molecule has 0 aliphatic rings. The summed E-state index contributed by atoms with van der Waals surface area (Å²) in [4.78, 5) is 39.9. The van der Waals surface area contributed by atoms with Crippen LogP contribution in [0.2, 0.25) is 0 Å². The van der Waals surface area contributed by atoms with E-state index in [0.717, 1.165) is 51.4 Å². The predicted molar refractivity (Wildman–Crippen MR) is 321 cm³/mol. The zero-order valence-electron chi connectivity index (χ0n) is 50.3. The van der Waals surface area contributed by atoms with E-state index in [1.165, 1.54) is 212 Å². The van der Waals surface area contributed by atoms with Crippen molar-refractivity contribution in [3.05, 3.63) is 48.6 Å². The Kier molecular flexibility index (Phi) is 53.8. The van der Waals surface area contributed by atoms with E-state index in [0.29, 0.717) is 23.9 Å². The quantitative estimate of drug-likeness (QED) is 0.0212. The number of amides is 1. The molecule has 0 aliphatic heterocycles. The lowest BCUT2D eigenvalue weighted by Gasteiger charge is -2.30. The van der Waals surface area contributed by atoms with Crippen molar-refractivity contribution in [1.29, 1.82) is 0 Å². The molecule has 0 fully saturated rings. The normalized spacial score (nSPS) is 14.0. The van der Waals surface area contributed by atoms with E-state index in [-0.39, 0.29) is 18.9 Å². The highest BCUT2D eigenvalue weighted by Gasteiger charge is 2.27. The minimum Gasteiger partial charge on any atom is -0.756 e. The maximum atomic E-state index is 13.5. The molecule has 440 valence electrons. The Bertz CT molecular complexity index is 1420. The lowest BCUT2D eigenvalue weighted by molar-refractivity contribution is -0.870. The Morgan fingerprint density at radius 1 is 0.467 bits per heavy atom. The number of nitrogens with one attached hydrogen (secondary N) is 1. The number of carbonyl (C=O) groups excluding carboxylic acids is 2. The van der Waals surface area contributed by atoms with Crippen molar-refractivity contribution in [2.45, 2.75) is 315 Å². The Hall–Kier alpha value is -2.03. The lowest BCUT2D eigenvalue weighted by atomic mass is 10.0. The fourth-order valence-electron chi connectivity index (χ4n) is 9.28. The van der Waals surface area contributed by atoms with Gasteiger partial charge in [0.05, 0.1) is 33.8 Å². The molecule has 0 aromatic heterocycles. The minimum atomic E-state index is -4.70. The highest BCUT2D eigenvalue weighted by atomic mass is 31.2. The maximum absolute atomic E-state index is 13.5. The number of nitrogens with zero attached hydrogens (tertiary/aromatic N) is 1. The van der Waals surface area contributed by atoms with Gasteiger partial charge < -0.3 is 28.5 Å². The number of unbranched alkanes of at least 4 members (excludes halogenated alkanes) is 36. The molecule has 0 aliphatic carbocycles. The molecule has 1 N–H and O–H groups in total. The number of rotatable bonds is 58. The summed E-state index contributed by atoms with van der Waals surface area (Å²) in [6.45, 7) is 6.81. The van der Waals surface area contributed by atoms with E-state index in [4.69, 9.17) is 13.8 Å². The maximum Gasteiger partial charge on any atom is 0.306 e. The van der Waals surface area contributed by atoms with Gasteiger partial charge in [-0.3, -0.25) is 14.2 Å². The smallest absolute Gasteiger partial charge is 0.306 e. The van der Waals surface area contributed by atoms with E-state index >= 15 is 0 Å². The number of ether oxygens (including phenoxy) is 1. The van der Waals surface area contributed by atoms with Crippen LogP contribution in [0.3, 0.4) is 0 Å². The first-order valence-corrected chi connectivity index (χ1v) is 33.4. The topological polar surface area (TPSA) is 114 Å². The van der Waals surface area contributed by atoms with Crippen LogP contribution in [0.15, 0.2) is 48.6 Å². The third-order valence-corrected chi connectivity index (χ3v) is 15.2. The SMILES string of the molecule is CCCCCCCC/C=C\C/C=C/CCC(=O)OC(/C=C\CCCCCCCCCCC)C(COP(=O)([O-])OCC[N+](C)(C)C)NC(=O)CCCCCCCCCCCCCCCCC/C=C/CCCCCCCC. The number of esters is 1. The lowest BCUT2D eigenvalue weighted by Crippen LogP contribution is -2.47. The van der Waals surface area contributed by atoms with Crippen LogP contribution in [0, 0.1) is 0 Å². The standard InChI is InChI=1S/C65H123N2O7P/c1-7-10-13-16-19-22-25-27-28-29-30-31-32-33-34-35-36-37-38-40-42-45-48-51-54-57-64(68)66-62(61-73-75(70,71)72-60-59-67(4,5)6)63(56-53-50-47-44-41-24-21-18-15-12-9-3)74-65(69)58-55-52-49-46-43-39-26-23-20-17-14-11-8-2/h27-28,39,43,49,52-53,56,62-63H,7-26,29-38,40-42,44-48,50-51,54-55,57-61H2,1-6H3,(H-,66,68,70,71)/b28-27+,43-39-,52-49+,56-53-. The first-order chi connectivity index (χ1) is 36.4. The Labute approximate surface area is 465 Å². The molecule has 0 saturated heterocycles. The average Bonchev–Trinajstić information content (AvgIpc) is 3.37. The van der Waals surface area contributed by atoms with Crippen LogP contribution in [0.1, 0.15) is 303 Å². The van der Waals surface area contributed by atoms with Gasteiger partial charge in [0, 0.05) is 12.8 Å². The second-order valence-electron chi connectivity index (χ2n) is 22.9. The second kappa shape index (κ2) is 55.3. The zero-order chi connectivity index (χ0) is 55.0. The van der Waals surface area contributed by atoms with Crippen LogP contribution in [-0.4, -0.2) is 69.4 Å². The molecule has 0 heterocycles. The van der Waals surface area contributed by atoms with Crippen molar-refractivity contribution < 1.29 is 37.3 Å². The molecule has 0 saturated carbocycles. The van der Waals surface area contributed by atoms with E-state index in [9.17, 15) is 19.0 Å². The molecule has 3 unspecified atom stereocenters. The summed E-state index contributed by atoms with van der Waals surface area (Å²) < 4.78 is 30.2. The largest absolute Gasteiger partial charge is 0.756 e. The Morgan fingerprint density at radius 2 is 0.827 bits per heavy atom. The summed E-state index contributed by atoms with van der Waals surface area (Å²) in [5.74, 6) is -0.611. The summed E-state index contributed by atoms with van der Waals surface area (Å²) >= 11 is 0. The Morgan fingerprint density at radius 3 is 1.24 bits per heavy atom. The predicted octanol–water partition coefficient (Wildman–Crippen LogP) is 19.0. The van der Waals surface area contributed by atoms with Gasteiger partial charge in [0.1, 0.15) is 19.3 Å². The van der Waals surface area contributed by atoms with Gasteiger partial charge in [-0.05, 0) is 76.7 Å². The van der Waals surface area contributed by atoms with Gasteiger partial charge in [-0.1, -0.05) is 262 Å². The molecule has 9 nitrogen and oxygen atoms in total. The number of hydrogen-bond donors (Lipinski definition) is 1. The molecule has 1 amide bonds. The van der Waals surface area contributed by atoms with E-state index < -0.39 is 32.5 Å². The number of carbonyl (C=O) groups is 2. The molecule has 0 rings (SSSR count). The summed E-state index contributed by atoms with van der Waals surface area (Å²) in [5.41, 5.74) is 0. The molecule has 3 atom stereocenters. The van der Waals surface area contributed by atoms with Gasteiger partial charge >= 0.3 is 5.97 Å². The van der Waals surface area contributed by atoms with Gasteiger partial charge in [0.2, 0.25) is 5.91 Å². The number of allylic oxidation sites excluding steroid dienone is 7. The summed E-state index contributed by atoms with van der Waals surface area (Å²) in [5, 5.41) is 3.02. The first-order valence-electron chi connectivity index (χ1n) is 31.9. The molecule has 0 bridgehead atoms. The van der Waals surface area contributed by atoms with Crippen LogP contribution in [-0.2, 0) is 27.9 Å². The molecule has 10 heteroatoms.